The molecule has 0 radical (unpaired) electrons. The minimum Gasteiger partial charge on any atom is -0.397 e. The molecular formula is C12H16NO-. The first kappa shape index (κ1) is 9.41. The largest absolute Gasteiger partial charge is 0.397 e. The first-order valence-corrected chi connectivity index (χ1v) is 4.93. The van der Waals surface area contributed by atoms with E-state index in [9.17, 15) is 5.11 Å². The fourth-order valence-corrected chi connectivity index (χ4v) is 2.07. The maximum atomic E-state index is 10.0. The Morgan fingerprint density at radius 1 is 1.64 bits per heavy atom. The van der Waals surface area contributed by atoms with E-state index in [1.807, 2.05) is 30.9 Å². The van der Waals surface area contributed by atoms with Gasteiger partial charge in [-0.05, 0) is 20.3 Å². The van der Waals surface area contributed by atoms with E-state index in [4.69, 9.17) is 0 Å². The molecule has 0 saturated carbocycles. The second kappa shape index (κ2) is 2.92. The zero-order valence-corrected chi connectivity index (χ0v) is 8.75. The standard InChI is InChI=1S/C12H16NO/c1-12(2,14)10-5-4-6-11-9(10)7-8-13(11)3/h4-6,14H,3,7-8H2,1-2H3/q-1. The van der Waals surface area contributed by atoms with Crippen LogP contribution in [-0.2, 0) is 0 Å². The molecule has 2 rings (SSSR count). The van der Waals surface area contributed by atoms with Crippen LogP contribution in [0.3, 0.4) is 0 Å². The Bertz CT molecular complexity index is 331. The summed E-state index contributed by atoms with van der Waals surface area (Å²) in [6.45, 7) is 8.56. The van der Waals surface area contributed by atoms with Gasteiger partial charge in [0.25, 0.3) is 0 Å². The maximum absolute atomic E-state index is 10.0. The Balaban J connectivity index is 2.42. The first-order chi connectivity index (χ1) is 6.50. The number of nitrogens with zero attached hydrogens (tertiary/aromatic N) is 1. The Labute approximate surface area is 85.3 Å². The molecule has 0 aromatic heterocycles. The molecule has 0 aromatic carbocycles. The van der Waals surface area contributed by atoms with Crippen molar-refractivity contribution in [2.24, 2.45) is 0 Å². The lowest BCUT2D eigenvalue weighted by Gasteiger charge is -2.38. The lowest BCUT2D eigenvalue weighted by molar-refractivity contribution is -0.475. The summed E-state index contributed by atoms with van der Waals surface area (Å²) in [5, 5.41) is 10.0. The van der Waals surface area contributed by atoms with Crippen LogP contribution in [0.4, 0.5) is 0 Å². The summed E-state index contributed by atoms with van der Waals surface area (Å²) in [4.78, 5) is 0. The average Bonchev–Trinajstić information content (AvgIpc) is 2.46. The third-order valence-electron chi connectivity index (χ3n) is 2.78. The molecule has 2 aliphatic rings. The molecule has 0 aromatic rings. The van der Waals surface area contributed by atoms with Crippen molar-refractivity contribution in [3.8, 4) is 0 Å². The van der Waals surface area contributed by atoms with Crippen molar-refractivity contribution in [3.05, 3.63) is 35.8 Å². The van der Waals surface area contributed by atoms with Crippen LogP contribution >= 0.6 is 0 Å². The van der Waals surface area contributed by atoms with E-state index >= 15 is 0 Å². The molecule has 1 aliphatic heterocycles. The summed E-state index contributed by atoms with van der Waals surface area (Å²) in [7, 11) is 0. The minimum atomic E-state index is -0.753. The number of fused-ring (bicyclic) bond motifs is 1. The molecule has 0 bridgehead atoms. The highest BCUT2D eigenvalue weighted by molar-refractivity contribution is 5.49. The summed E-state index contributed by atoms with van der Waals surface area (Å²) in [5.74, 6) is 0. The van der Waals surface area contributed by atoms with Crippen molar-refractivity contribution in [3.63, 3.8) is 0 Å². The Morgan fingerprint density at radius 3 is 3.00 bits per heavy atom. The van der Waals surface area contributed by atoms with Gasteiger partial charge in [0.05, 0.1) is 6.72 Å². The van der Waals surface area contributed by atoms with Gasteiger partial charge < -0.3 is 9.68 Å². The van der Waals surface area contributed by atoms with E-state index < -0.39 is 5.60 Å². The van der Waals surface area contributed by atoms with Crippen molar-refractivity contribution < 1.29 is 9.68 Å². The number of aliphatic hydroxyl groups is 1. The van der Waals surface area contributed by atoms with Crippen molar-refractivity contribution in [2.75, 3.05) is 6.54 Å². The molecule has 0 atom stereocenters. The maximum Gasteiger partial charge on any atom is 0.121 e. The van der Waals surface area contributed by atoms with Crippen molar-refractivity contribution in [2.45, 2.75) is 25.9 Å². The monoisotopic (exact) mass is 190 g/mol. The first-order valence-electron chi connectivity index (χ1n) is 4.93. The summed E-state index contributed by atoms with van der Waals surface area (Å²) in [6.07, 6.45) is 7.02. The molecule has 2 heteroatoms. The predicted octanol–water partition coefficient (Wildman–Crippen LogP) is 1.48. The molecule has 1 saturated heterocycles. The molecule has 1 heterocycles. The zero-order valence-electron chi connectivity index (χ0n) is 8.75. The molecular weight excluding hydrogens is 174 g/mol. The van der Waals surface area contributed by atoms with Crippen molar-refractivity contribution >= 4 is 6.72 Å². The number of hydrogen-bond donors (Lipinski definition) is 1. The topological polar surface area (TPSA) is 23.2 Å². The molecule has 1 N–H and O–H groups in total. The van der Waals surface area contributed by atoms with E-state index in [1.54, 1.807) is 0 Å². The molecule has 0 unspecified atom stereocenters. The van der Waals surface area contributed by atoms with Gasteiger partial charge in [0, 0.05) is 11.6 Å². The van der Waals surface area contributed by atoms with Gasteiger partial charge in [-0.15, -0.1) is 0 Å². The van der Waals surface area contributed by atoms with E-state index in [0.717, 1.165) is 24.6 Å². The van der Waals surface area contributed by atoms with Gasteiger partial charge in [-0.2, -0.15) is 17.2 Å². The van der Waals surface area contributed by atoms with Crippen LogP contribution in [0.2, 0.25) is 0 Å². The normalized spacial score (nSPS) is 21.4. The lowest BCUT2D eigenvalue weighted by Crippen LogP contribution is -2.26. The second-order valence-electron chi connectivity index (χ2n) is 4.38. The van der Waals surface area contributed by atoms with Gasteiger partial charge in [-0.1, -0.05) is 0 Å². The SMILES string of the molecule is C=[N+]1CCC2=C(C(C)(C)O)[CH-]C=C[C-]21. The highest BCUT2D eigenvalue weighted by Gasteiger charge is 2.24. The second-order valence-corrected chi connectivity index (χ2v) is 4.38. The quantitative estimate of drug-likeness (QED) is 0.491. The van der Waals surface area contributed by atoms with E-state index in [2.05, 4.69) is 12.8 Å². The van der Waals surface area contributed by atoms with Gasteiger partial charge in [-0.3, -0.25) is 0 Å². The van der Waals surface area contributed by atoms with Crippen molar-refractivity contribution in [1.82, 2.24) is 0 Å². The predicted molar refractivity (Wildman–Crippen MR) is 56.9 cm³/mol. The molecule has 0 amide bonds. The Kier molecular flexibility index (Phi) is 1.96. The lowest BCUT2D eigenvalue weighted by atomic mass is 9.84. The van der Waals surface area contributed by atoms with Crippen LogP contribution in [-0.4, -0.2) is 28.5 Å². The van der Waals surface area contributed by atoms with Gasteiger partial charge in [0.15, 0.2) is 0 Å². The highest BCUT2D eigenvalue weighted by atomic mass is 16.3. The Morgan fingerprint density at radius 2 is 2.36 bits per heavy atom. The number of rotatable bonds is 1. The van der Waals surface area contributed by atoms with Crippen LogP contribution in [0.25, 0.3) is 0 Å². The van der Waals surface area contributed by atoms with E-state index in [0.29, 0.717) is 0 Å². The Hall–Kier alpha value is -1.15. The average molecular weight is 190 g/mol. The molecule has 14 heavy (non-hydrogen) atoms. The van der Waals surface area contributed by atoms with Crippen LogP contribution in [0.15, 0.2) is 23.3 Å². The fraction of sp³-hybridized carbons (Fsp3) is 0.417. The number of allylic oxidation sites excluding steroid dienone is 1. The third kappa shape index (κ3) is 1.36. The molecule has 2 nitrogen and oxygen atoms in total. The molecule has 0 spiro atoms. The minimum absolute atomic E-state index is 0.753. The van der Waals surface area contributed by atoms with Gasteiger partial charge >= 0.3 is 0 Å². The summed E-state index contributed by atoms with van der Waals surface area (Å²) < 4.78 is 1.99. The molecule has 1 fully saturated rings. The van der Waals surface area contributed by atoms with E-state index in [1.165, 1.54) is 5.57 Å². The highest BCUT2D eigenvalue weighted by Crippen LogP contribution is 2.38. The number of hydrogen-bond acceptors (Lipinski definition) is 1. The van der Waals surface area contributed by atoms with Gasteiger partial charge in [0.1, 0.15) is 6.54 Å². The third-order valence-corrected chi connectivity index (χ3v) is 2.78. The summed E-state index contributed by atoms with van der Waals surface area (Å²) in [5.41, 5.74) is 1.52. The van der Waals surface area contributed by atoms with Crippen LogP contribution in [0.5, 0.6) is 0 Å². The van der Waals surface area contributed by atoms with Crippen LogP contribution in [0, 0.1) is 12.5 Å². The fourth-order valence-electron chi connectivity index (χ4n) is 2.07. The summed E-state index contributed by atoms with van der Waals surface area (Å²) >= 11 is 0. The van der Waals surface area contributed by atoms with Crippen molar-refractivity contribution in [1.29, 1.82) is 0 Å². The summed E-state index contributed by atoms with van der Waals surface area (Å²) in [6, 6.07) is 1.16. The van der Waals surface area contributed by atoms with Gasteiger partial charge in [-0.25, -0.2) is 12.5 Å². The zero-order chi connectivity index (χ0) is 10.3. The molecule has 76 valence electrons. The van der Waals surface area contributed by atoms with Crippen LogP contribution in [0.1, 0.15) is 20.3 Å². The van der Waals surface area contributed by atoms with Crippen LogP contribution < -0.4 is 0 Å². The smallest absolute Gasteiger partial charge is 0.121 e. The van der Waals surface area contributed by atoms with Gasteiger partial charge in [0.2, 0.25) is 0 Å². The molecule has 1 aliphatic carbocycles. The van der Waals surface area contributed by atoms with E-state index in [-0.39, 0.29) is 0 Å².